The summed E-state index contributed by atoms with van der Waals surface area (Å²) in [4.78, 5) is 13.4. The van der Waals surface area contributed by atoms with Gasteiger partial charge in [-0.1, -0.05) is 48.0 Å². The molecular formula is C31H28N2O3. The van der Waals surface area contributed by atoms with E-state index in [1.165, 1.54) is 17.3 Å². The van der Waals surface area contributed by atoms with E-state index in [2.05, 4.69) is 54.7 Å². The molecule has 0 radical (unpaired) electrons. The second kappa shape index (κ2) is 10.1. The summed E-state index contributed by atoms with van der Waals surface area (Å²) < 4.78 is 0.798. The number of rotatable bonds is 5. The smallest absolute Gasteiger partial charge is 0.251 e. The molecule has 1 aromatic heterocycles. The van der Waals surface area contributed by atoms with E-state index in [0.717, 1.165) is 34.3 Å². The third kappa shape index (κ3) is 5.15. The van der Waals surface area contributed by atoms with Gasteiger partial charge < -0.3 is 15.6 Å². The zero-order chi connectivity index (χ0) is 25.1. The van der Waals surface area contributed by atoms with E-state index in [4.69, 9.17) is 0 Å². The van der Waals surface area contributed by atoms with Crippen molar-refractivity contribution >= 4 is 17.7 Å². The van der Waals surface area contributed by atoms with E-state index < -0.39 is 0 Å². The number of nitrogens with one attached hydrogen (secondary N) is 1. The Morgan fingerprint density at radius 2 is 1.78 bits per heavy atom. The van der Waals surface area contributed by atoms with E-state index in [-0.39, 0.29) is 18.1 Å². The number of aryl methyl sites for hydroxylation is 2. The number of hydrogen-bond acceptors (Lipinski definition) is 3. The number of aromatic nitrogens is 1. The quantitative estimate of drug-likeness (QED) is 0.212. The largest absolute Gasteiger partial charge is 0.618 e. The summed E-state index contributed by atoms with van der Waals surface area (Å²) in [6.07, 6.45) is 6.20. The van der Waals surface area contributed by atoms with Crippen LogP contribution in [0.3, 0.4) is 0 Å². The Morgan fingerprint density at radius 3 is 2.58 bits per heavy atom. The van der Waals surface area contributed by atoms with Crippen LogP contribution in [0.15, 0.2) is 90.6 Å². The molecule has 0 aliphatic heterocycles. The lowest BCUT2D eigenvalue weighted by molar-refractivity contribution is -0.613. The first kappa shape index (κ1) is 23.4. The number of anilines is 1. The van der Waals surface area contributed by atoms with Gasteiger partial charge in [0.05, 0.1) is 6.42 Å². The molecule has 0 atom stereocenters. The molecular weight excluding hydrogens is 448 g/mol. The molecule has 0 bridgehead atoms. The Morgan fingerprint density at radius 1 is 0.972 bits per heavy atom. The van der Waals surface area contributed by atoms with Crippen LogP contribution in [0.2, 0.25) is 0 Å². The highest BCUT2D eigenvalue weighted by Crippen LogP contribution is 2.30. The second-order valence-corrected chi connectivity index (χ2v) is 9.29. The minimum Gasteiger partial charge on any atom is -0.618 e. The summed E-state index contributed by atoms with van der Waals surface area (Å²) in [6, 6.07) is 24.9. The molecule has 1 amide bonds. The molecule has 5 nitrogen and oxygen atoms in total. The maximum Gasteiger partial charge on any atom is 0.251 e. The van der Waals surface area contributed by atoms with Crippen molar-refractivity contribution in [3.05, 3.63) is 124 Å². The SMILES string of the molecule is Cc1ccc(-c2ccc3c(c2)C=C(C(=O)Nc2ccc(O)cc2Cc2cccc[n+]2[O-])CCC3)cc1. The molecule has 0 saturated heterocycles. The fourth-order valence-corrected chi connectivity index (χ4v) is 4.64. The molecule has 1 heterocycles. The van der Waals surface area contributed by atoms with Gasteiger partial charge in [-0.3, -0.25) is 4.79 Å². The van der Waals surface area contributed by atoms with Gasteiger partial charge in [0, 0.05) is 23.4 Å². The number of pyridine rings is 1. The molecule has 1 aliphatic rings. The molecule has 3 aromatic carbocycles. The number of carbonyl (C=O) groups excluding carboxylic acids is 1. The normalized spacial score (nSPS) is 12.9. The van der Waals surface area contributed by atoms with Crippen molar-refractivity contribution in [2.24, 2.45) is 0 Å². The number of carbonyl (C=O) groups is 1. The van der Waals surface area contributed by atoms with Gasteiger partial charge >= 0.3 is 0 Å². The van der Waals surface area contributed by atoms with Crippen LogP contribution in [-0.4, -0.2) is 11.0 Å². The monoisotopic (exact) mass is 476 g/mol. The lowest BCUT2D eigenvalue weighted by atomic mass is 9.97. The predicted octanol–water partition coefficient (Wildman–Crippen LogP) is 5.95. The van der Waals surface area contributed by atoms with E-state index in [9.17, 15) is 15.1 Å². The molecule has 2 N–H and O–H groups in total. The molecule has 0 fully saturated rings. The van der Waals surface area contributed by atoms with Gasteiger partial charge in [-0.15, -0.1) is 0 Å². The van der Waals surface area contributed by atoms with Crippen molar-refractivity contribution in [1.82, 2.24) is 0 Å². The maximum absolute atomic E-state index is 13.4. The molecule has 0 unspecified atom stereocenters. The van der Waals surface area contributed by atoms with Crippen LogP contribution in [-0.2, 0) is 17.6 Å². The van der Waals surface area contributed by atoms with Crippen LogP contribution in [0.25, 0.3) is 17.2 Å². The summed E-state index contributed by atoms with van der Waals surface area (Å²) in [5.74, 6) is -0.0822. The lowest BCUT2D eigenvalue weighted by Crippen LogP contribution is -2.31. The first-order chi connectivity index (χ1) is 17.5. The number of aromatic hydroxyl groups is 1. The number of nitrogens with zero attached hydrogens (tertiary/aromatic N) is 1. The predicted molar refractivity (Wildman–Crippen MR) is 142 cm³/mol. The van der Waals surface area contributed by atoms with Crippen LogP contribution in [0, 0.1) is 12.1 Å². The topological polar surface area (TPSA) is 76.3 Å². The Balaban J connectivity index is 1.42. The molecule has 36 heavy (non-hydrogen) atoms. The van der Waals surface area contributed by atoms with Crippen LogP contribution in [0.5, 0.6) is 5.75 Å². The summed E-state index contributed by atoms with van der Waals surface area (Å²) in [6.45, 7) is 2.08. The third-order valence-corrected chi connectivity index (χ3v) is 6.66. The molecule has 4 aromatic rings. The van der Waals surface area contributed by atoms with Crippen molar-refractivity contribution in [3.8, 4) is 16.9 Å². The van der Waals surface area contributed by atoms with E-state index in [0.29, 0.717) is 28.9 Å². The van der Waals surface area contributed by atoms with Gasteiger partial charge in [0.2, 0.25) is 0 Å². The summed E-state index contributed by atoms with van der Waals surface area (Å²) in [5.41, 5.74) is 8.31. The Hall–Kier alpha value is -4.38. The van der Waals surface area contributed by atoms with Gasteiger partial charge in [-0.25, -0.2) is 0 Å². The molecule has 5 heteroatoms. The molecule has 1 aliphatic carbocycles. The van der Waals surface area contributed by atoms with Crippen molar-refractivity contribution in [1.29, 1.82) is 0 Å². The van der Waals surface area contributed by atoms with Gasteiger partial charge in [-0.05, 0) is 84.3 Å². The highest BCUT2D eigenvalue weighted by molar-refractivity contribution is 6.07. The number of phenols is 1. The number of fused-ring (bicyclic) bond motifs is 1. The first-order valence-corrected chi connectivity index (χ1v) is 12.2. The van der Waals surface area contributed by atoms with Gasteiger partial charge in [0.1, 0.15) is 5.75 Å². The average molecular weight is 477 g/mol. The number of hydrogen-bond donors (Lipinski definition) is 2. The molecule has 0 spiro atoms. The van der Waals surface area contributed by atoms with Gasteiger partial charge in [-0.2, -0.15) is 4.73 Å². The minimum atomic E-state index is -0.168. The Bertz CT molecular complexity index is 1460. The average Bonchev–Trinajstić information content (AvgIpc) is 3.09. The highest BCUT2D eigenvalue weighted by atomic mass is 16.5. The second-order valence-electron chi connectivity index (χ2n) is 9.29. The lowest BCUT2D eigenvalue weighted by Gasteiger charge is -2.13. The zero-order valence-corrected chi connectivity index (χ0v) is 20.2. The van der Waals surface area contributed by atoms with Crippen LogP contribution < -0.4 is 10.0 Å². The van der Waals surface area contributed by atoms with Crippen molar-refractivity contribution in [3.63, 3.8) is 0 Å². The number of phenolic OH excluding ortho intramolecular Hbond substituents is 1. The molecule has 180 valence electrons. The number of amides is 1. The fourth-order valence-electron chi connectivity index (χ4n) is 4.64. The van der Waals surface area contributed by atoms with Crippen LogP contribution >= 0.6 is 0 Å². The van der Waals surface area contributed by atoms with Crippen molar-refractivity contribution in [2.75, 3.05) is 5.32 Å². The van der Waals surface area contributed by atoms with E-state index >= 15 is 0 Å². The maximum atomic E-state index is 13.4. The van der Waals surface area contributed by atoms with E-state index in [1.807, 2.05) is 6.08 Å². The van der Waals surface area contributed by atoms with E-state index in [1.54, 1.807) is 36.4 Å². The first-order valence-electron chi connectivity index (χ1n) is 12.2. The summed E-state index contributed by atoms with van der Waals surface area (Å²) in [7, 11) is 0. The van der Waals surface area contributed by atoms with Gasteiger partial charge in [0.25, 0.3) is 5.91 Å². The summed E-state index contributed by atoms with van der Waals surface area (Å²) >= 11 is 0. The molecule has 5 rings (SSSR count). The van der Waals surface area contributed by atoms with Crippen molar-refractivity contribution in [2.45, 2.75) is 32.6 Å². The van der Waals surface area contributed by atoms with Crippen molar-refractivity contribution < 1.29 is 14.6 Å². The zero-order valence-electron chi connectivity index (χ0n) is 20.2. The van der Waals surface area contributed by atoms with Gasteiger partial charge in [0.15, 0.2) is 11.9 Å². The highest BCUT2D eigenvalue weighted by Gasteiger charge is 2.18. The fraction of sp³-hybridized carbons (Fsp3) is 0.161. The molecule has 0 saturated carbocycles. The Kier molecular flexibility index (Phi) is 6.54. The number of benzene rings is 3. The summed E-state index contributed by atoms with van der Waals surface area (Å²) in [5, 5.41) is 25.2. The van der Waals surface area contributed by atoms with Crippen LogP contribution in [0.4, 0.5) is 5.69 Å². The standard InChI is InChI=1S/C31H28N2O3/c1-21-8-10-23(11-9-21)24-13-12-22-5-4-6-25(18-26(22)17-24)31(35)32-30-15-14-29(34)20-27(30)19-28-7-2-3-16-33(28)36/h2-3,7-18,20,34H,4-6,19H2,1H3,(H,32,35). The minimum absolute atomic E-state index is 0.0858. The third-order valence-electron chi connectivity index (χ3n) is 6.66. The van der Waals surface area contributed by atoms with Crippen LogP contribution in [0.1, 0.15) is 40.8 Å². The Labute approximate surface area is 211 Å².